The summed E-state index contributed by atoms with van der Waals surface area (Å²) < 4.78 is 61.4. The van der Waals surface area contributed by atoms with Crippen LogP contribution in [0.2, 0.25) is 0 Å². The van der Waals surface area contributed by atoms with Gasteiger partial charge in [0.15, 0.2) is 6.29 Å². The SMILES string of the molecule is COC(=O)CCCCCCCCO[C@@H]1[C@@H](O)[C@H](O[C@@H]2O[C@H](CO)[C@H](OS(=O)(=O)O)[C@H](O)[C@H]2O)[C@@H](CO)O[C@H]1[O-].[Na+]. The smallest absolute Gasteiger partial charge is 0.829 e. The Balaban J connectivity index is 0.00000800. The van der Waals surface area contributed by atoms with Gasteiger partial charge >= 0.3 is 45.9 Å². The molecule has 2 rings (SSSR count). The van der Waals surface area contributed by atoms with E-state index in [1.54, 1.807) is 0 Å². The maximum atomic E-state index is 12.4. The van der Waals surface area contributed by atoms with Crippen molar-refractivity contribution in [1.82, 2.24) is 0 Å². The van der Waals surface area contributed by atoms with E-state index < -0.39 is 85.0 Å². The standard InChI is InChI=1S/C22H39O16S.Na/c1-33-14(25)8-6-4-2-3-5-7-9-34-20-17(28)18(12(10-23)35-21(20)29)37-22-16(27)15(26)19(13(11-24)36-22)38-39(30,31)32;/h12-13,15-24,26-28H,2-11H2,1H3,(H,30,31,32);/q-1;+1/t12-,13-,15-,16-,17+,18-,19+,20-,21-,22+;/m1./s1. The average Bonchev–Trinajstić information content (AvgIpc) is 2.89. The van der Waals surface area contributed by atoms with Crippen molar-refractivity contribution in [2.24, 2.45) is 0 Å². The van der Waals surface area contributed by atoms with Crippen molar-refractivity contribution in [3.8, 4) is 0 Å². The maximum absolute atomic E-state index is 12.4. The van der Waals surface area contributed by atoms with Crippen molar-refractivity contribution in [3.63, 3.8) is 0 Å². The molecule has 2 heterocycles. The largest absolute Gasteiger partial charge is 1.00 e. The minimum atomic E-state index is -5.09. The van der Waals surface area contributed by atoms with Crippen molar-refractivity contribution in [2.75, 3.05) is 26.9 Å². The molecule has 2 saturated heterocycles. The van der Waals surface area contributed by atoms with Gasteiger partial charge in [0, 0.05) is 19.3 Å². The van der Waals surface area contributed by atoms with Gasteiger partial charge in [0.1, 0.15) is 42.7 Å². The molecule has 0 amide bonds. The van der Waals surface area contributed by atoms with Crippen LogP contribution in [0.25, 0.3) is 0 Å². The van der Waals surface area contributed by atoms with Crippen molar-refractivity contribution >= 4 is 16.4 Å². The number of ether oxygens (including phenoxy) is 5. The first-order valence-corrected chi connectivity index (χ1v) is 14.0. The van der Waals surface area contributed by atoms with Gasteiger partial charge in [-0.25, -0.2) is 4.18 Å². The number of hydrogen-bond acceptors (Lipinski definition) is 15. The number of methoxy groups -OCH3 is 1. The molecular weight excluding hydrogens is 575 g/mol. The zero-order valence-electron chi connectivity index (χ0n) is 22.5. The van der Waals surface area contributed by atoms with Gasteiger partial charge in [0.2, 0.25) is 0 Å². The molecule has 0 bridgehead atoms. The number of rotatable bonds is 16. The Hall–Kier alpha value is -0.0600. The van der Waals surface area contributed by atoms with Gasteiger partial charge in [0.25, 0.3) is 0 Å². The minimum Gasteiger partial charge on any atom is -0.829 e. The van der Waals surface area contributed by atoms with E-state index >= 15 is 0 Å². The van der Waals surface area contributed by atoms with Crippen LogP contribution in [-0.4, -0.2) is 133 Å². The van der Waals surface area contributed by atoms with Crippen molar-refractivity contribution < 1.29 is 106 Å². The first-order chi connectivity index (χ1) is 18.4. The zero-order valence-corrected chi connectivity index (χ0v) is 25.3. The number of carbonyl (C=O) groups excluding carboxylic acids is 1. The second-order valence-electron chi connectivity index (χ2n) is 9.29. The number of carbonyl (C=O) groups is 1. The van der Waals surface area contributed by atoms with E-state index in [1.165, 1.54) is 7.11 Å². The van der Waals surface area contributed by atoms with Crippen molar-refractivity contribution in [3.05, 3.63) is 0 Å². The van der Waals surface area contributed by atoms with E-state index in [1.807, 2.05) is 0 Å². The van der Waals surface area contributed by atoms with Crippen LogP contribution < -0.4 is 34.7 Å². The van der Waals surface area contributed by atoms with Crippen molar-refractivity contribution in [1.29, 1.82) is 0 Å². The fraction of sp³-hybridized carbons (Fsp3) is 0.955. The van der Waals surface area contributed by atoms with Crippen LogP contribution in [-0.2, 0) is 43.1 Å². The van der Waals surface area contributed by atoms with Crippen LogP contribution in [0.3, 0.4) is 0 Å². The second-order valence-corrected chi connectivity index (χ2v) is 10.3. The topological polar surface area (TPSA) is 251 Å². The molecule has 0 aliphatic carbocycles. The Bertz CT molecular complexity index is 832. The van der Waals surface area contributed by atoms with Crippen LogP contribution in [0.15, 0.2) is 0 Å². The molecule has 16 nitrogen and oxygen atoms in total. The molecule has 0 saturated carbocycles. The predicted octanol–water partition coefficient (Wildman–Crippen LogP) is -6.27. The molecule has 18 heteroatoms. The summed E-state index contributed by atoms with van der Waals surface area (Å²) in [6, 6.07) is 0. The van der Waals surface area contributed by atoms with E-state index in [0.717, 1.165) is 32.1 Å². The molecule has 0 radical (unpaired) electrons. The number of hydrogen-bond donors (Lipinski definition) is 6. The Morgan fingerprint density at radius 1 is 0.850 bits per heavy atom. The number of aliphatic hydroxyl groups is 5. The summed E-state index contributed by atoms with van der Waals surface area (Å²) in [5, 5.41) is 63.1. The molecule has 0 aromatic heterocycles. The first kappa shape index (κ1) is 38.0. The van der Waals surface area contributed by atoms with Crippen LogP contribution >= 0.6 is 0 Å². The van der Waals surface area contributed by atoms with Gasteiger partial charge in [-0.3, -0.25) is 9.35 Å². The van der Waals surface area contributed by atoms with Gasteiger partial charge in [-0.1, -0.05) is 25.7 Å². The van der Waals surface area contributed by atoms with E-state index in [2.05, 4.69) is 8.92 Å². The van der Waals surface area contributed by atoms with E-state index in [9.17, 15) is 43.9 Å². The van der Waals surface area contributed by atoms with Gasteiger partial charge in [0.05, 0.1) is 26.4 Å². The molecule has 2 aliphatic heterocycles. The molecule has 2 fully saturated rings. The molecule has 0 aromatic rings. The third-order valence-electron chi connectivity index (χ3n) is 6.45. The van der Waals surface area contributed by atoms with E-state index in [-0.39, 0.29) is 42.1 Å². The Labute approximate surface area is 254 Å². The summed E-state index contributed by atoms with van der Waals surface area (Å²) in [6.07, 6.45) is -12.1. The van der Waals surface area contributed by atoms with Crippen LogP contribution in [0.5, 0.6) is 0 Å². The summed E-state index contributed by atoms with van der Waals surface area (Å²) in [5.74, 6) is -0.251. The maximum Gasteiger partial charge on any atom is 1.00 e. The van der Waals surface area contributed by atoms with Crippen molar-refractivity contribution in [2.45, 2.75) is 106 Å². The molecule has 230 valence electrons. The Kier molecular flexibility index (Phi) is 17.6. The predicted molar refractivity (Wildman–Crippen MR) is 125 cm³/mol. The molecule has 0 unspecified atom stereocenters. The third-order valence-corrected chi connectivity index (χ3v) is 6.92. The Morgan fingerprint density at radius 3 is 2.00 bits per heavy atom. The average molecular weight is 615 g/mol. The third kappa shape index (κ3) is 11.6. The molecule has 0 aromatic carbocycles. The monoisotopic (exact) mass is 614 g/mol. The fourth-order valence-electron chi connectivity index (χ4n) is 4.37. The van der Waals surface area contributed by atoms with E-state index in [4.69, 9.17) is 23.5 Å². The molecule has 0 spiro atoms. The second kappa shape index (κ2) is 18.6. The molecule has 40 heavy (non-hydrogen) atoms. The quantitative estimate of drug-likeness (QED) is 0.0409. The summed E-state index contributed by atoms with van der Waals surface area (Å²) >= 11 is 0. The normalized spacial score (nSPS) is 34.7. The van der Waals surface area contributed by atoms with Gasteiger partial charge in [-0.2, -0.15) is 8.42 Å². The summed E-state index contributed by atoms with van der Waals surface area (Å²) in [6.45, 7) is -1.59. The van der Waals surface area contributed by atoms with Crippen LogP contribution in [0.1, 0.15) is 44.9 Å². The van der Waals surface area contributed by atoms with E-state index in [0.29, 0.717) is 12.8 Å². The minimum absolute atomic E-state index is 0. The van der Waals surface area contributed by atoms with Crippen LogP contribution in [0, 0.1) is 0 Å². The summed E-state index contributed by atoms with van der Waals surface area (Å²) in [7, 11) is -3.75. The van der Waals surface area contributed by atoms with Gasteiger partial charge < -0.3 is 54.3 Å². The van der Waals surface area contributed by atoms with Crippen LogP contribution in [0.4, 0.5) is 0 Å². The molecule has 2 aliphatic rings. The molecular formula is C22H39NaO16S. The van der Waals surface area contributed by atoms with Gasteiger partial charge in [-0.15, -0.1) is 0 Å². The summed E-state index contributed by atoms with van der Waals surface area (Å²) in [5.41, 5.74) is 0. The van der Waals surface area contributed by atoms with Gasteiger partial charge in [-0.05, 0) is 12.8 Å². The zero-order chi connectivity index (χ0) is 29.2. The number of unbranched alkanes of at least 4 members (excludes halogenated alkanes) is 5. The molecule has 6 N–H and O–H groups in total. The summed E-state index contributed by atoms with van der Waals surface area (Å²) in [4.78, 5) is 11.1. The number of aliphatic hydroxyl groups excluding tert-OH is 5. The fourth-order valence-corrected chi connectivity index (χ4v) is 4.88. The first-order valence-electron chi connectivity index (χ1n) is 12.7. The Morgan fingerprint density at radius 2 is 1.43 bits per heavy atom. The molecule has 10 atom stereocenters. The number of esters is 1.